The zero-order valence-corrected chi connectivity index (χ0v) is 30.6. The van der Waals surface area contributed by atoms with Gasteiger partial charge in [-0.25, -0.2) is 14.4 Å². The van der Waals surface area contributed by atoms with Gasteiger partial charge in [-0.1, -0.05) is 24.3 Å². The molecule has 0 bridgehead atoms. The molecule has 0 saturated heterocycles. The van der Waals surface area contributed by atoms with E-state index in [0.717, 1.165) is 5.39 Å². The van der Waals surface area contributed by atoms with Gasteiger partial charge in [-0.05, 0) is 106 Å². The third kappa shape index (κ3) is 12.2. The third-order valence-corrected chi connectivity index (χ3v) is 7.35. The molecule has 1 heterocycles. The molecule has 0 saturated carbocycles. The molecule has 49 heavy (non-hydrogen) atoms. The van der Waals surface area contributed by atoms with Crippen molar-refractivity contribution in [1.29, 1.82) is 0 Å². The van der Waals surface area contributed by atoms with Gasteiger partial charge in [-0.2, -0.15) is 0 Å². The normalized spacial score (nSPS) is 13.3. The number of unbranched alkanes of at least 4 members (excludes halogenated alkanes) is 1. The van der Waals surface area contributed by atoms with Gasteiger partial charge in [0.25, 0.3) is 11.8 Å². The van der Waals surface area contributed by atoms with Crippen molar-refractivity contribution in [2.75, 3.05) is 39.3 Å². The monoisotopic (exact) mass is 682 g/mol. The lowest BCUT2D eigenvalue weighted by molar-refractivity contribution is 0.0204. The first kappa shape index (κ1) is 39.1. The Morgan fingerprint density at radius 1 is 0.633 bits per heavy atom. The maximum Gasteiger partial charge on any atom is 0.410 e. The molecule has 2 aromatic carbocycles. The Morgan fingerprint density at radius 3 is 1.51 bits per heavy atom. The number of imide groups is 1. The predicted octanol–water partition coefficient (Wildman–Crippen LogP) is 7.00. The maximum absolute atomic E-state index is 13.3. The summed E-state index contributed by atoms with van der Waals surface area (Å²) in [5, 5.41) is 4.23. The SMILES string of the molecule is CC(C)(C)OC(=O)NCCCN(CCCCN(CCCN1C(=O)c2cccc3cccc(c23)C1=O)C(=O)OC(C)(C)C)C(=O)OC(C)(C)C. The van der Waals surface area contributed by atoms with Crippen molar-refractivity contribution in [2.24, 2.45) is 0 Å². The van der Waals surface area contributed by atoms with Gasteiger partial charge < -0.3 is 29.3 Å². The Hall–Kier alpha value is -4.35. The van der Waals surface area contributed by atoms with Crippen molar-refractivity contribution in [3.8, 4) is 0 Å². The molecule has 1 aliphatic rings. The van der Waals surface area contributed by atoms with Gasteiger partial charge in [0.05, 0.1) is 0 Å². The lowest BCUT2D eigenvalue weighted by atomic mass is 9.94. The molecular formula is C37H54N4O8. The van der Waals surface area contributed by atoms with Crippen LogP contribution in [0.3, 0.4) is 0 Å². The average Bonchev–Trinajstić information content (AvgIpc) is 2.96. The van der Waals surface area contributed by atoms with Crippen molar-refractivity contribution in [3.63, 3.8) is 0 Å². The first-order chi connectivity index (χ1) is 22.8. The largest absolute Gasteiger partial charge is 0.444 e. The number of amides is 5. The molecule has 1 aliphatic heterocycles. The summed E-state index contributed by atoms with van der Waals surface area (Å²) in [4.78, 5) is 69.3. The molecule has 3 rings (SSSR count). The van der Waals surface area contributed by atoms with Crippen molar-refractivity contribution >= 4 is 40.9 Å². The van der Waals surface area contributed by atoms with Gasteiger partial charge in [0.1, 0.15) is 16.8 Å². The van der Waals surface area contributed by atoms with E-state index in [1.807, 2.05) is 24.3 Å². The summed E-state index contributed by atoms with van der Waals surface area (Å²) >= 11 is 0. The topological polar surface area (TPSA) is 135 Å². The quantitative estimate of drug-likeness (QED) is 0.136. The van der Waals surface area contributed by atoms with Crippen LogP contribution in [0.1, 0.15) is 109 Å². The van der Waals surface area contributed by atoms with E-state index in [9.17, 15) is 24.0 Å². The maximum atomic E-state index is 13.3. The summed E-state index contributed by atoms with van der Waals surface area (Å²) in [5.74, 6) is -0.691. The van der Waals surface area contributed by atoms with Gasteiger partial charge in [-0.15, -0.1) is 0 Å². The van der Waals surface area contributed by atoms with Gasteiger partial charge >= 0.3 is 18.3 Å². The minimum Gasteiger partial charge on any atom is -0.444 e. The van der Waals surface area contributed by atoms with Crippen LogP contribution in [0.2, 0.25) is 0 Å². The minimum atomic E-state index is -0.711. The number of hydrogen-bond acceptors (Lipinski definition) is 8. The third-order valence-electron chi connectivity index (χ3n) is 7.35. The van der Waals surface area contributed by atoms with E-state index in [1.54, 1.807) is 84.2 Å². The highest BCUT2D eigenvalue weighted by Gasteiger charge is 2.33. The molecule has 0 aliphatic carbocycles. The zero-order chi connectivity index (χ0) is 36.6. The molecule has 1 N–H and O–H groups in total. The summed E-state index contributed by atoms with van der Waals surface area (Å²) < 4.78 is 16.6. The Labute approximate surface area is 290 Å². The standard InChI is InChI=1S/C37H54N4O8/c1-35(2,3)47-32(44)38-20-14-23-39(33(45)48-36(4,5)6)21-10-11-22-40(34(46)49-37(7,8)9)24-15-25-41-30(42)27-18-12-16-26-17-13-19-28(29(26)27)31(41)43/h12-13,16-19H,10-11,14-15,20-25H2,1-9H3,(H,38,44). The number of hydrogen-bond donors (Lipinski definition) is 1. The highest BCUT2D eigenvalue weighted by Crippen LogP contribution is 2.30. The van der Waals surface area contributed by atoms with Crippen molar-refractivity contribution in [1.82, 2.24) is 20.0 Å². The predicted molar refractivity (Wildman–Crippen MR) is 188 cm³/mol. The van der Waals surface area contributed by atoms with E-state index >= 15 is 0 Å². The van der Waals surface area contributed by atoms with E-state index < -0.39 is 35.1 Å². The molecule has 12 heteroatoms. The lowest BCUT2D eigenvalue weighted by Gasteiger charge is -2.30. The highest BCUT2D eigenvalue weighted by atomic mass is 16.6. The zero-order valence-electron chi connectivity index (χ0n) is 30.6. The fourth-order valence-corrected chi connectivity index (χ4v) is 5.32. The van der Waals surface area contributed by atoms with E-state index in [1.165, 1.54) is 4.90 Å². The van der Waals surface area contributed by atoms with Crippen LogP contribution in [0.4, 0.5) is 14.4 Å². The van der Waals surface area contributed by atoms with Crippen LogP contribution in [0.15, 0.2) is 36.4 Å². The highest BCUT2D eigenvalue weighted by molar-refractivity contribution is 6.25. The molecule has 0 atom stereocenters. The van der Waals surface area contributed by atoms with Crippen molar-refractivity contribution in [2.45, 2.75) is 105 Å². The molecule has 12 nitrogen and oxygen atoms in total. The van der Waals surface area contributed by atoms with E-state index in [-0.39, 0.29) is 24.9 Å². The smallest absolute Gasteiger partial charge is 0.410 e. The number of benzene rings is 2. The van der Waals surface area contributed by atoms with Crippen molar-refractivity contribution < 1.29 is 38.2 Å². The summed E-state index contributed by atoms with van der Waals surface area (Å²) in [7, 11) is 0. The van der Waals surface area contributed by atoms with Crippen molar-refractivity contribution in [3.05, 3.63) is 47.5 Å². The Balaban J connectivity index is 1.59. The Morgan fingerprint density at radius 2 is 1.06 bits per heavy atom. The molecule has 0 fully saturated rings. The van der Waals surface area contributed by atoms with E-state index in [4.69, 9.17) is 14.2 Å². The van der Waals surface area contributed by atoms with Crippen LogP contribution < -0.4 is 5.32 Å². The average molecular weight is 683 g/mol. The van der Waals surface area contributed by atoms with Crippen LogP contribution in [0.5, 0.6) is 0 Å². The second-order valence-electron chi connectivity index (χ2n) is 15.2. The fraction of sp³-hybridized carbons (Fsp3) is 0.595. The molecule has 5 amide bonds. The van der Waals surface area contributed by atoms with Crippen LogP contribution in [-0.4, -0.2) is 101 Å². The van der Waals surface area contributed by atoms with Crippen LogP contribution in [0, 0.1) is 0 Å². The number of nitrogens with one attached hydrogen (secondary N) is 1. The molecule has 0 unspecified atom stereocenters. The minimum absolute atomic E-state index is 0.144. The number of rotatable bonds is 13. The fourth-order valence-electron chi connectivity index (χ4n) is 5.32. The Kier molecular flexibility index (Phi) is 13.1. The molecular weight excluding hydrogens is 628 g/mol. The molecule has 0 spiro atoms. The van der Waals surface area contributed by atoms with Crippen LogP contribution >= 0.6 is 0 Å². The molecule has 0 aromatic heterocycles. The van der Waals surface area contributed by atoms with Gasteiger partial charge in [0.15, 0.2) is 0 Å². The summed E-state index contributed by atoms with van der Waals surface area (Å²) in [6.45, 7) is 18.0. The number of ether oxygens (including phenoxy) is 3. The second-order valence-corrected chi connectivity index (χ2v) is 15.2. The van der Waals surface area contributed by atoms with Gasteiger partial charge in [-0.3, -0.25) is 14.5 Å². The van der Waals surface area contributed by atoms with Crippen LogP contribution in [-0.2, 0) is 14.2 Å². The molecule has 2 aromatic rings. The Bertz CT molecular complexity index is 1450. The second kappa shape index (κ2) is 16.4. The first-order valence-electron chi connectivity index (χ1n) is 17.1. The van der Waals surface area contributed by atoms with Gasteiger partial charge in [0, 0.05) is 55.8 Å². The van der Waals surface area contributed by atoms with E-state index in [2.05, 4.69) is 5.32 Å². The van der Waals surface area contributed by atoms with Gasteiger partial charge in [0.2, 0.25) is 0 Å². The number of carbonyl (C=O) groups excluding carboxylic acids is 5. The number of nitrogens with zero attached hydrogens (tertiary/aromatic N) is 3. The van der Waals surface area contributed by atoms with E-state index in [0.29, 0.717) is 68.4 Å². The number of alkyl carbamates (subject to hydrolysis) is 1. The summed E-state index contributed by atoms with van der Waals surface area (Å²) in [5.41, 5.74) is -1.01. The molecule has 270 valence electrons. The first-order valence-corrected chi connectivity index (χ1v) is 17.1. The molecule has 0 radical (unpaired) electrons. The lowest BCUT2D eigenvalue weighted by Crippen LogP contribution is -2.43. The van der Waals surface area contributed by atoms with Crippen LogP contribution in [0.25, 0.3) is 10.8 Å². The summed E-state index contributed by atoms with van der Waals surface area (Å²) in [6, 6.07) is 10.9. The summed E-state index contributed by atoms with van der Waals surface area (Å²) in [6.07, 6.45) is 0.528. The number of carbonyl (C=O) groups is 5.